The highest BCUT2D eigenvalue weighted by Gasteiger charge is 2.10. The Morgan fingerprint density at radius 3 is 2.38 bits per heavy atom. The quantitative estimate of drug-likeness (QED) is 0.618. The molecular formula is C11H9FN2OS. The van der Waals surface area contributed by atoms with Gasteiger partial charge in [0.25, 0.3) is 0 Å². The van der Waals surface area contributed by atoms with Crippen LogP contribution in [0.4, 0.5) is 4.39 Å². The summed E-state index contributed by atoms with van der Waals surface area (Å²) >= 11 is 5.22. The molecule has 0 bridgehead atoms. The molecule has 0 aliphatic heterocycles. The van der Waals surface area contributed by atoms with Crippen LogP contribution in [0.3, 0.4) is 0 Å². The molecule has 0 atom stereocenters. The SMILES string of the molecule is Cc1[nH]c(=O)[nH]c1C(=S)c1ccc(F)cc1. The lowest BCUT2D eigenvalue weighted by Crippen LogP contribution is -2.05. The van der Waals surface area contributed by atoms with Gasteiger partial charge in [-0.15, -0.1) is 0 Å². The van der Waals surface area contributed by atoms with E-state index in [0.29, 0.717) is 21.8 Å². The number of thiocarbonyl (C=S) groups is 1. The number of halogens is 1. The van der Waals surface area contributed by atoms with E-state index in [-0.39, 0.29) is 11.5 Å². The highest BCUT2D eigenvalue weighted by molar-refractivity contribution is 7.81. The minimum atomic E-state index is -0.314. The van der Waals surface area contributed by atoms with Crippen molar-refractivity contribution in [3.05, 3.63) is 57.5 Å². The summed E-state index contributed by atoms with van der Waals surface area (Å²) in [6.07, 6.45) is 0. The molecular weight excluding hydrogens is 227 g/mol. The standard InChI is InChI=1S/C11H9FN2OS/c1-6-9(14-11(15)13-6)10(16)7-2-4-8(12)5-3-7/h2-5H,1H3,(H2,13,14,15). The molecule has 0 fully saturated rings. The monoisotopic (exact) mass is 236 g/mol. The lowest BCUT2D eigenvalue weighted by atomic mass is 10.1. The van der Waals surface area contributed by atoms with Crippen LogP contribution >= 0.6 is 12.2 Å². The van der Waals surface area contributed by atoms with Gasteiger partial charge in [-0.2, -0.15) is 0 Å². The van der Waals surface area contributed by atoms with Crippen molar-refractivity contribution in [2.24, 2.45) is 0 Å². The van der Waals surface area contributed by atoms with Crippen molar-refractivity contribution in [2.75, 3.05) is 0 Å². The number of imidazole rings is 1. The number of aromatic nitrogens is 2. The molecule has 0 spiro atoms. The molecule has 16 heavy (non-hydrogen) atoms. The van der Waals surface area contributed by atoms with Crippen molar-refractivity contribution in [1.82, 2.24) is 9.97 Å². The molecule has 1 aromatic carbocycles. The molecule has 0 saturated heterocycles. The maximum absolute atomic E-state index is 12.7. The zero-order valence-electron chi connectivity index (χ0n) is 8.50. The maximum Gasteiger partial charge on any atom is 0.323 e. The van der Waals surface area contributed by atoms with E-state index < -0.39 is 0 Å². The third-order valence-corrected chi connectivity index (χ3v) is 2.69. The van der Waals surface area contributed by atoms with Crippen molar-refractivity contribution < 1.29 is 4.39 Å². The number of benzene rings is 1. The van der Waals surface area contributed by atoms with Crippen molar-refractivity contribution in [2.45, 2.75) is 6.92 Å². The van der Waals surface area contributed by atoms with Crippen LogP contribution < -0.4 is 5.69 Å². The van der Waals surface area contributed by atoms with Crippen LogP contribution in [0.2, 0.25) is 0 Å². The molecule has 0 saturated carbocycles. The summed E-state index contributed by atoms with van der Waals surface area (Å²) in [4.78, 5) is 16.8. The Morgan fingerprint density at radius 2 is 1.88 bits per heavy atom. The second-order valence-electron chi connectivity index (χ2n) is 3.42. The third-order valence-electron chi connectivity index (χ3n) is 2.25. The van der Waals surface area contributed by atoms with Crippen LogP contribution in [0.5, 0.6) is 0 Å². The lowest BCUT2D eigenvalue weighted by molar-refractivity contribution is 0.628. The van der Waals surface area contributed by atoms with E-state index in [0.717, 1.165) is 0 Å². The number of H-pyrrole nitrogens is 2. The van der Waals surface area contributed by atoms with Crippen molar-refractivity contribution in [3.8, 4) is 0 Å². The zero-order valence-corrected chi connectivity index (χ0v) is 9.32. The van der Waals surface area contributed by atoms with Gasteiger partial charge in [0, 0.05) is 5.69 Å². The summed E-state index contributed by atoms with van der Waals surface area (Å²) in [7, 11) is 0. The van der Waals surface area contributed by atoms with E-state index in [1.54, 1.807) is 19.1 Å². The van der Waals surface area contributed by atoms with Gasteiger partial charge >= 0.3 is 5.69 Å². The van der Waals surface area contributed by atoms with Crippen LogP contribution in [0.25, 0.3) is 0 Å². The molecule has 3 nitrogen and oxygen atoms in total. The summed E-state index contributed by atoms with van der Waals surface area (Å²) in [6, 6.07) is 5.84. The number of aromatic amines is 2. The van der Waals surface area contributed by atoms with Gasteiger partial charge in [-0.25, -0.2) is 9.18 Å². The lowest BCUT2D eigenvalue weighted by Gasteiger charge is -2.02. The van der Waals surface area contributed by atoms with Crippen LogP contribution in [-0.4, -0.2) is 14.8 Å². The fraction of sp³-hybridized carbons (Fsp3) is 0.0909. The summed E-state index contributed by atoms with van der Waals surface area (Å²) in [5.74, 6) is -0.314. The smallest absolute Gasteiger partial charge is 0.310 e. The van der Waals surface area contributed by atoms with E-state index in [2.05, 4.69) is 9.97 Å². The van der Waals surface area contributed by atoms with Gasteiger partial charge in [0.2, 0.25) is 0 Å². The molecule has 0 unspecified atom stereocenters. The van der Waals surface area contributed by atoms with E-state index in [4.69, 9.17) is 12.2 Å². The maximum atomic E-state index is 12.7. The van der Waals surface area contributed by atoms with Gasteiger partial charge in [-0.3, -0.25) is 0 Å². The van der Waals surface area contributed by atoms with Gasteiger partial charge in [-0.05, 0) is 24.6 Å². The molecule has 82 valence electrons. The molecule has 1 aromatic heterocycles. The average molecular weight is 236 g/mol. The summed E-state index contributed by atoms with van der Waals surface area (Å²) in [6.45, 7) is 1.75. The van der Waals surface area contributed by atoms with Crippen LogP contribution in [0.1, 0.15) is 17.0 Å². The fourth-order valence-corrected chi connectivity index (χ4v) is 1.78. The normalized spacial score (nSPS) is 10.4. The highest BCUT2D eigenvalue weighted by Crippen LogP contribution is 2.11. The van der Waals surface area contributed by atoms with Crippen LogP contribution in [0, 0.1) is 12.7 Å². The topological polar surface area (TPSA) is 48.6 Å². The van der Waals surface area contributed by atoms with Crippen LogP contribution in [-0.2, 0) is 0 Å². The minimum Gasteiger partial charge on any atom is -0.310 e. The van der Waals surface area contributed by atoms with E-state index in [9.17, 15) is 9.18 Å². The predicted molar refractivity (Wildman–Crippen MR) is 63.4 cm³/mol. The second kappa shape index (κ2) is 4.02. The Labute approximate surface area is 96.3 Å². The van der Waals surface area contributed by atoms with Gasteiger partial charge in [0.05, 0.1) is 10.6 Å². The van der Waals surface area contributed by atoms with E-state index in [1.807, 2.05) is 0 Å². The largest absolute Gasteiger partial charge is 0.323 e. The predicted octanol–water partition coefficient (Wildman–Crippen LogP) is 1.92. The van der Waals surface area contributed by atoms with E-state index >= 15 is 0 Å². The summed E-state index contributed by atoms with van der Waals surface area (Å²) in [5.41, 5.74) is 1.66. The van der Waals surface area contributed by atoms with Gasteiger partial charge < -0.3 is 9.97 Å². The number of nitrogens with one attached hydrogen (secondary N) is 2. The average Bonchev–Trinajstić information content (AvgIpc) is 2.58. The highest BCUT2D eigenvalue weighted by atomic mass is 32.1. The van der Waals surface area contributed by atoms with Gasteiger partial charge in [0.15, 0.2) is 0 Å². The molecule has 2 rings (SSSR count). The summed E-state index contributed by atoms with van der Waals surface area (Å²) in [5, 5.41) is 0. The first kappa shape index (κ1) is 10.8. The second-order valence-corrected chi connectivity index (χ2v) is 3.82. The zero-order chi connectivity index (χ0) is 11.7. The molecule has 1 heterocycles. The van der Waals surface area contributed by atoms with Gasteiger partial charge in [0.1, 0.15) is 5.82 Å². The minimum absolute atomic E-state index is 0.294. The Balaban J connectivity index is 2.43. The molecule has 2 N–H and O–H groups in total. The Hall–Kier alpha value is -1.75. The number of rotatable bonds is 2. The molecule has 5 heteroatoms. The molecule has 2 aromatic rings. The first-order valence-corrected chi connectivity index (χ1v) is 5.08. The number of aryl methyl sites for hydroxylation is 1. The Bertz CT molecular complexity index is 583. The van der Waals surface area contributed by atoms with Crippen molar-refractivity contribution in [3.63, 3.8) is 0 Å². The van der Waals surface area contributed by atoms with Gasteiger partial charge in [-0.1, -0.05) is 24.4 Å². The molecule has 0 aliphatic rings. The Morgan fingerprint density at radius 1 is 1.25 bits per heavy atom. The molecule has 0 amide bonds. The first-order valence-electron chi connectivity index (χ1n) is 4.67. The van der Waals surface area contributed by atoms with Crippen molar-refractivity contribution >= 4 is 17.1 Å². The van der Waals surface area contributed by atoms with Crippen LogP contribution in [0.15, 0.2) is 29.1 Å². The summed E-state index contributed by atoms with van der Waals surface area (Å²) < 4.78 is 12.7. The number of hydrogen-bond acceptors (Lipinski definition) is 2. The number of hydrogen-bond donors (Lipinski definition) is 2. The van der Waals surface area contributed by atoms with Crippen molar-refractivity contribution in [1.29, 1.82) is 0 Å². The molecule has 0 aliphatic carbocycles. The molecule has 0 radical (unpaired) electrons. The van der Waals surface area contributed by atoms with E-state index in [1.165, 1.54) is 12.1 Å². The Kier molecular flexibility index (Phi) is 2.70. The first-order chi connectivity index (χ1) is 7.58. The third kappa shape index (κ3) is 1.94. The fourth-order valence-electron chi connectivity index (χ4n) is 1.44.